The first-order valence-corrected chi connectivity index (χ1v) is 8.64. The molecule has 2 atom stereocenters. The minimum Gasteiger partial charge on any atom is -0.496 e. The van der Waals surface area contributed by atoms with Crippen molar-refractivity contribution < 1.29 is 14.2 Å². The molecule has 0 spiro atoms. The Labute approximate surface area is 154 Å². The van der Waals surface area contributed by atoms with E-state index < -0.39 is 5.92 Å². The zero-order chi connectivity index (χ0) is 18.7. The van der Waals surface area contributed by atoms with E-state index in [1.165, 1.54) is 11.1 Å². The molecule has 0 bridgehead atoms. The van der Waals surface area contributed by atoms with Crippen molar-refractivity contribution in [1.82, 2.24) is 0 Å². The molecule has 2 aromatic carbocycles. The maximum absolute atomic E-state index is 9.76. The summed E-state index contributed by atoms with van der Waals surface area (Å²) < 4.78 is 17.0. The van der Waals surface area contributed by atoms with Crippen LogP contribution in [0.1, 0.15) is 35.1 Å². The topological polar surface area (TPSA) is 51.5 Å². The molecule has 0 aliphatic heterocycles. The molecule has 2 unspecified atom stereocenters. The number of ether oxygens (including phenoxy) is 3. The van der Waals surface area contributed by atoms with Crippen LogP contribution in [0, 0.1) is 18.3 Å². The number of hydrogen-bond acceptors (Lipinski definition) is 4. The standard InChI is InChI=1S/C22H23NO3/c1-14-21(24-3)11-18(12-22(14)25-4)20(13-23)15(2)26-19-9-16-7-5-6-8-17(16)10-19/h5-9,11-12,15,20H,10H2,1-4H3. The molecule has 134 valence electrons. The third-order valence-corrected chi connectivity index (χ3v) is 4.82. The van der Waals surface area contributed by atoms with Crippen LogP contribution in [0.15, 0.2) is 42.2 Å². The van der Waals surface area contributed by atoms with Crippen LogP contribution in [0.2, 0.25) is 0 Å². The van der Waals surface area contributed by atoms with Crippen LogP contribution in [0.4, 0.5) is 0 Å². The predicted molar refractivity (Wildman–Crippen MR) is 101 cm³/mol. The van der Waals surface area contributed by atoms with Gasteiger partial charge in [0.2, 0.25) is 0 Å². The van der Waals surface area contributed by atoms with Gasteiger partial charge in [-0.2, -0.15) is 5.26 Å². The molecule has 0 aromatic heterocycles. The molecule has 4 heteroatoms. The van der Waals surface area contributed by atoms with Crippen LogP contribution in [0.3, 0.4) is 0 Å². The summed E-state index contributed by atoms with van der Waals surface area (Å²) in [5, 5.41) is 9.76. The molecular formula is C22H23NO3. The number of methoxy groups -OCH3 is 2. The smallest absolute Gasteiger partial charge is 0.125 e. The zero-order valence-electron chi connectivity index (χ0n) is 15.6. The van der Waals surface area contributed by atoms with Gasteiger partial charge in [-0.1, -0.05) is 24.3 Å². The summed E-state index contributed by atoms with van der Waals surface area (Å²) in [7, 11) is 3.24. The van der Waals surface area contributed by atoms with Gasteiger partial charge in [-0.05, 0) is 48.7 Å². The second-order valence-corrected chi connectivity index (χ2v) is 6.47. The van der Waals surface area contributed by atoms with E-state index in [1.54, 1.807) is 14.2 Å². The maximum atomic E-state index is 9.76. The third-order valence-electron chi connectivity index (χ3n) is 4.82. The van der Waals surface area contributed by atoms with E-state index in [4.69, 9.17) is 14.2 Å². The molecule has 0 fully saturated rings. The summed E-state index contributed by atoms with van der Waals surface area (Å²) in [6.45, 7) is 3.86. The van der Waals surface area contributed by atoms with E-state index in [0.717, 1.165) is 23.3 Å². The third kappa shape index (κ3) is 3.39. The first-order valence-electron chi connectivity index (χ1n) is 8.64. The summed E-state index contributed by atoms with van der Waals surface area (Å²) in [4.78, 5) is 0. The lowest BCUT2D eigenvalue weighted by atomic mass is 9.93. The molecule has 1 aliphatic carbocycles. The lowest BCUT2D eigenvalue weighted by molar-refractivity contribution is 0.120. The lowest BCUT2D eigenvalue weighted by Gasteiger charge is -2.22. The number of rotatable bonds is 6. The first kappa shape index (κ1) is 17.9. The molecule has 1 aliphatic rings. The highest BCUT2D eigenvalue weighted by Crippen LogP contribution is 2.35. The van der Waals surface area contributed by atoms with Gasteiger partial charge < -0.3 is 14.2 Å². The zero-order valence-corrected chi connectivity index (χ0v) is 15.6. The van der Waals surface area contributed by atoms with Gasteiger partial charge in [-0.25, -0.2) is 0 Å². The van der Waals surface area contributed by atoms with Crippen molar-refractivity contribution in [3.05, 3.63) is 64.4 Å². The molecule has 0 heterocycles. The Morgan fingerprint density at radius 2 is 1.73 bits per heavy atom. The van der Waals surface area contributed by atoms with Crippen molar-refractivity contribution in [2.24, 2.45) is 0 Å². The highest BCUT2D eigenvalue weighted by Gasteiger charge is 2.25. The highest BCUT2D eigenvalue weighted by atomic mass is 16.5. The Bertz CT molecular complexity index is 854. The highest BCUT2D eigenvalue weighted by molar-refractivity contribution is 5.62. The van der Waals surface area contributed by atoms with Crippen LogP contribution >= 0.6 is 0 Å². The Morgan fingerprint density at radius 3 is 2.31 bits per heavy atom. The molecule has 0 amide bonds. The van der Waals surface area contributed by atoms with Gasteiger partial charge in [0, 0.05) is 12.0 Å². The molecule has 0 N–H and O–H groups in total. The second-order valence-electron chi connectivity index (χ2n) is 6.47. The molecule has 0 saturated heterocycles. The maximum Gasteiger partial charge on any atom is 0.125 e. The average Bonchev–Trinajstić information content (AvgIpc) is 3.05. The van der Waals surface area contributed by atoms with Gasteiger partial charge in [-0.3, -0.25) is 0 Å². The van der Waals surface area contributed by atoms with E-state index in [0.29, 0.717) is 11.5 Å². The number of benzene rings is 2. The van der Waals surface area contributed by atoms with Gasteiger partial charge in [0.25, 0.3) is 0 Å². The van der Waals surface area contributed by atoms with Gasteiger partial charge in [-0.15, -0.1) is 0 Å². The van der Waals surface area contributed by atoms with E-state index in [-0.39, 0.29) is 6.10 Å². The van der Waals surface area contributed by atoms with E-state index >= 15 is 0 Å². The van der Waals surface area contributed by atoms with Crippen molar-refractivity contribution in [2.75, 3.05) is 14.2 Å². The second kappa shape index (κ2) is 7.53. The van der Waals surface area contributed by atoms with Crippen LogP contribution in [0.5, 0.6) is 11.5 Å². The molecule has 26 heavy (non-hydrogen) atoms. The fraction of sp³-hybridized carbons (Fsp3) is 0.318. The molecule has 0 saturated carbocycles. The van der Waals surface area contributed by atoms with Crippen molar-refractivity contribution in [3.63, 3.8) is 0 Å². The number of allylic oxidation sites excluding steroid dienone is 1. The van der Waals surface area contributed by atoms with E-state index in [1.807, 2.05) is 38.1 Å². The minimum absolute atomic E-state index is 0.294. The van der Waals surface area contributed by atoms with Crippen LogP contribution < -0.4 is 9.47 Å². The molecule has 2 aromatic rings. The molecular weight excluding hydrogens is 326 g/mol. The minimum atomic E-state index is -0.428. The Morgan fingerprint density at radius 1 is 1.08 bits per heavy atom. The van der Waals surface area contributed by atoms with Gasteiger partial charge in [0.05, 0.1) is 20.3 Å². The average molecular weight is 349 g/mol. The Kier molecular flexibility index (Phi) is 5.18. The molecule has 4 nitrogen and oxygen atoms in total. The predicted octanol–water partition coefficient (Wildman–Crippen LogP) is 4.62. The lowest BCUT2D eigenvalue weighted by Crippen LogP contribution is -2.18. The fourth-order valence-corrected chi connectivity index (χ4v) is 3.37. The SMILES string of the molecule is COc1cc(C(C#N)C(C)OC2=Cc3ccccc3C2)cc(OC)c1C. The number of fused-ring (bicyclic) bond motifs is 1. The summed E-state index contributed by atoms with van der Waals surface area (Å²) in [5.74, 6) is 1.88. The quantitative estimate of drug-likeness (QED) is 0.763. The number of hydrogen-bond donors (Lipinski definition) is 0. The summed E-state index contributed by atoms with van der Waals surface area (Å²) in [5.41, 5.74) is 4.18. The van der Waals surface area contributed by atoms with Crippen LogP contribution in [-0.4, -0.2) is 20.3 Å². The monoisotopic (exact) mass is 349 g/mol. The van der Waals surface area contributed by atoms with Gasteiger partial charge in [0.15, 0.2) is 0 Å². The Balaban J connectivity index is 1.82. The number of nitrogens with zero attached hydrogens (tertiary/aromatic N) is 1. The van der Waals surface area contributed by atoms with Gasteiger partial charge in [0.1, 0.15) is 29.3 Å². The van der Waals surface area contributed by atoms with Crippen molar-refractivity contribution in [2.45, 2.75) is 32.3 Å². The summed E-state index contributed by atoms with van der Waals surface area (Å²) in [6, 6.07) is 14.4. The number of nitriles is 1. The summed E-state index contributed by atoms with van der Waals surface area (Å²) >= 11 is 0. The van der Waals surface area contributed by atoms with Crippen molar-refractivity contribution in [1.29, 1.82) is 5.26 Å². The molecule has 3 rings (SSSR count). The fourth-order valence-electron chi connectivity index (χ4n) is 3.37. The van der Waals surface area contributed by atoms with E-state index in [9.17, 15) is 5.26 Å². The summed E-state index contributed by atoms with van der Waals surface area (Å²) in [6.07, 6.45) is 2.52. The first-order chi connectivity index (χ1) is 12.6. The Hall–Kier alpha value is -2.93. The van der Waals surface area contributed by atoms with Crippen molar-refractivity contribution >= 4 is 6.08 Å². The van der Waals surface area contributed by atoms with Crippen LogP contribution in [-0.2, 0) is 11.2 Å². The van der Waals surface area contributed by atoms with Crippen LogP contribution in [0.25, 0.3) is 6.08 Å². The van der Waals surface area contributed by atoms with Gasteiger partial charge >= 0.3 is 0 Å². The van der Waals surface area contributed by atoms with E-state index in [2.05, 4.69) is 24.3 Å². The van der Waals surface area contributed by atoms with Crippen molar-refractivity contribution in [3.8, 4) is 17.6 Å². The normalized spacial score (nSPS) is 14.7. The molecule has 0 radical (unpaired) electrons. The largest absolute Gasteiger partial charge is 0.496 e.